The van der Waals surface area contributed by atoms with Crippen LogP contribution in [0.5, 0.6) is 0 Å². The first-order valence-electron chi connectivity index (χ1n) is 4.40. The Bertz CT molecular complexity index is 502. The molecule has 0 saturated heterocycles. The van der Waals surface area contributed by atoms with Crippen LogP contribution in [0.15, 0.2) is 28.9 Å². The molecule has 1 aromatic heterocycles. The quantitative estimate of drug-likeness (QED) is 0.582. The molecular weight excluding hydrogens is 216 g/mol. The summed E-state index contributed by atoms with van der Waals surface area (Å²) in [7, 11) is 1.34. The van der Waals surface area contributed by atoms with E-state index in [0.717, 1.165) is 10.9 Å². The van der Waals surface area contributed by atoms with Gasteiger partial charge in [0.15, 0.2) is 0 Å². The van der Waals surface area contributed by atoms with E-state index in [2.05, 4.69) is 4.74 Å². The summed E-state index contributed by atoms with van der Waals surface area (Å²) in [6.07, 6.45) is 1.54. The third-order valence-electron chi connectivity index (χ3n) is 2.17. The largest absolute Gasteiger partial charge is 0.465 e. The van der Waals surface area contributed by atoms with Crippen molar-refractivity contribution in [3.8, 4) is 0 Å². The SMILES string of the molecule is COC(=O)c1cc(CCl)cc2ccoc12. The van der Waals surface area contributed by atoms with Gasteiger partial charge in [-0.05, 0) is 23.8 Å². The van der Waals surface area contributed by atoms with Crippen molar-refractivity contribution < 1.29 is 13.9 Å². The summed E-state index contributed by atoms with van der Waals surface area (Å²) in [5.74, 6) is -0.0626. The number of carbonyl (C=O) groups is 1. The summed E-state index contributed by atoms with van der Waals surface area (Å²) < 4.78 is 9.90. The average molecular weight is 225 g/mol. The van der Waals surface area contributed by atoms with Crippen LogP contribution in [0, 0.1) is 0 Å². The molecule has 0 radical (unpaired) electrons. The molecule has 0 unspecified atom stereocenters. The van der Waals surface area contributed by atoms with Crippen molar-refractivity contribution in [3.63, 3.8) is 0 Å². The lowest BCUT2D eigenvalue weighted by molar-refractivity contribution is 0.0601. The fourth-order valence-corrected chi connectivity index (χ4v) is 1.64. The molecular formula is C11H9ClO3. The molecule has 78 valence electrons. The number of methoxy groups -OCH3 is 1. The van der Waals surface area contributed by atoms with Gasteiger partial charge in [0.05, 0.1) is 13.4 Å². The number of fused-ring (bicyclic) bond motifs is 1. The number of hydrogen-bond acceptors (Lipinski definition) is 3. The molecule has 4 heteroatoms. The van der Waals surface area contributed by atoms with Gasteiger partial charge in [-0.3, -0.25) is 0 Å². The third kappa shape index (κ3) is 1.70. The van der Waals surface area contributed by atoms with Gasteiger partial charge in [-0.15, -0.1) is 11.6 Å². The van der Waals surface area contributed by atoms with Gasteiger partial charge in [0.25, 0.3) is 0 Å². The van der Waals surface area contributed by atoms with Crippen LogP contribution in [0.2, 0.25) is 0 Å². The molecule has 1 aromatic carbocycles. The van der Waals surface area contributed by atoms with E-state index in [-0.39, 0.29) is 0 Å². The van der Waals surface area contributed by atoms with Crippen molar-refractivity contribution in [3.05, 3.63) is 35.6 Å². The van der Waals surface area contributed by atoms with Crippen molar-refractivity contribution in [1.29, 1.82) is 0 Å². The number of benzene rings is 1. The standard InChI is InChI=1S/C11H9ClO3/c1-14-11(13)9-5-7(6-12)4-8-2-3-15-10(8)9/h2-5H,6H2,1H3. The molecule has 0 atom stereocenters. The van der Waals surface area contributed by atoms with E-state index in [1.165, 1.54) is 13.4 Å². The van der Waals surface area contributed by atoms with E-state index in [4.69, 9.17) is 16.0 Å². The highest BCUT2D eigenvalue weighted by Gasteiger charge is 2.14. The van der Waals surface area contributed by atoms with Gasteiger partial charge in [0.1, 0.15) is 11.1 Å². The van der Waals surface area contributed by atoms with E-state index >= 15 is 0 Å². The lowest BCUT2D eigenvalue weighted by Crippen LogP contribution is -2.02. The zero-order valence-electron chi connectivity index (χ0n) is 8.12. The van der Waals surface area contributed by atoms with Crippen LogP contribution >= 0.6 is 11.6 Å². The zero-order chi connectivity index (χ0) is 10.8. The number of furan rings is 1. The van der Waals surface area contributed by atoms with Crippen molar-refractivity contribution in [1.82, 2.24) is 0 Å². The fraction of sp³-hybridized carbons (Fsp3) is 0.182. The molecule has 0 fully saturated rings. The first kappa shape index (κ1) is 10.1. The predicted octanol–water partition coefficient (Wildman–Crippen LogP) is 2.96. The Hall–Kier alpha value is -1.48. The van der Waals surface area contributed by atoms with Gasteiger partial charge in [-0.1, -0.05) is 0 Å². The predicted molar refractivity (Wildman–Crippen MR) is 57.1 cm³/mol. The van der Waals surface area contributed by atoms with Crippen molar-refractivity contribution >= 4 is 28.5 Å². The minimum Gasteiger partial charge on any atom is -0.465 e. The first-order chi connectivity index (χ1) is 7.26. The number of esters is 1. The normalized spacial score (nSPS) is 10.5. The van der Waals surface area contributed by atoms with Gasteiger partial charge >= 0.3 is 5.97 Å². The Kier molecular flexibility index (Phi) is 2.64. The second kappa shape index (κ2) is 3.95. The van der Waals surface area contributed by atoms with E-state index in [1.807, 2.05) is 6.07 Å². The van der Waals surface area contributed by atoms with E-state index in [1.54, 1.807) is 12.1 Å². The van der Waals surface area contributed by atoms with Crippen molar-refractivity contribution in [2.75, 3.05) is 7.11 Å². The highest BCUT2D eigenvalue weighted by molar-refractivity contribution is 6.17. The monoisotopic (exact) mass is 224 g/mol. The Morgan fingerprint density at radius 2 is 2.33 bits per heavy atom. The number of hydrogen-bond donors (Lipinski definition) is 0. The maximum atomic E-state index is 11.5. The maximum absolute atomic E-state index is 11.5. The molecule has 3 nitrogen and oxygen atoms in total. The van der Waals surface area contributed by atoms with Gasteiger partial charge < -0.3 is 9.15 Å². The van der Waals surface area contributed by atoms with Gasteiger partial charge in [-0.2, -0.15) is 0 Å². The number of halogens is 1. The third-order valence-corrected chi connectivity index (χ3v) is 2.48. The highest BCUT2D eigenvalue weighted by Crippen LogP contribution is 2.23. The van der Waals surface area contributed by atoms with Gasteiger partial charge in [0, 0.05) is 11.3 Å². The minimum absolute atomic E-state index is 0.352. The van der Waals surface area contributed by atoms with Crippen LogP contribution < -0.4 is 0 Å². The van der Waals surface area contributed by atoms with Crippen molar-refractivity contribution in [2.24, 2.45) is 0 Å². The second-order valence-corrected chi connectivity index (χ2v) is 3.37. The molecule has 0 saturated carbocycles. The Balaban J connectivity index is 2.68. The average Bonchev–Trinajstić information content (AvgIpc) is 2.74. The Morgan fingerprint density at radius 3 is 3.00 bits per heavy atom. The number of ether oxygens (including phenoxy) is 1. The molecule has 0 amide bonds. The maximum Gasteiger partial charge on any atom is 0.341 e. The Morgan fingerprint density at radius 1 is 1.53 bits per heavy atom. The summed E-state index contributed by atoms with van der Waals surface area (Å²) in [5, 5.41) is 0.855. The topological polar surface area (TPSA) is 39.4 Å². The molecule has 0 aliphatic heterocycles. The summed E-state index contributed by atoms with van der Waals surface area (Å²) in [6.45, 7) is 0. The number of rotatable bonds is 2. The van der Waals surface area contributed by atoms with Gasteiger partial charge in [-0.25, -0.2) is 4.79 Å². The summed E-state index contributed by atoms with van der Waals surface area (Å²) >= 11 is 5.73. The molecule has 0 aliphatic rings. The smallest absolute Gasteiger partial charge is 0.341 e. The number of alkyl halides is 1. The van der Waals surface area contributed by atoms with Crippen LogP contribution in [-0.2, 0) is 10.6 Å². The van der Waals surface area contributed by atoms with Crippen LogP contribution in [0.4, 0.5) is 0 Å². The molecule has 2 rings (SSSR count). The molecule has 15 heavy (non-hydrogen) atoms. The second-order valence-electron chi connectivity index (χ2n) is 3.11. The Labute approximate surface area is 91.6 Å². The minimum atomic E-state index is -0.415. The summed E-state index contributed by atoms with van der Waals surface area (Å²) in [4.78, 5) is 11.5. The van der Waals surface area contributed by atoms with E-state index < -0.39 is 5.97 Å². The zero-order valence-corrected chi connectivity index (χ0v) is 8.88. The molecule has 0 spiro atoms. The van der Waals surface area contributed by atoms with E-state index in [0.29, 0.717) is 17.0 Å². The highest BCUT2D eigenvalue weighted by atomic mass is 35.5. The summed E-state index contributed by atoms with van der Waals surface area (Å²) in [5.41, 5.74) is 1.82. The molecule has 0 aliphatic carbocycles. The van der Waals surface area contributed by atoms with Gasteiger partial charge in [0.2, 0.25) is 0 Å². The molecule has 0 bridgehead atoms. The van der Waals surface area contributed by atoms with Crippen LogP contribution in [-0.4, -0.2) is 13.1 Å². The summed E-state index contributed by atoms with van der Waals surface area (Å²) in [6, 6.07) is 5.36. The van der Waals surface area contributed by atoms with E-state index in [9.17, 15) is 4.79 Å². The van der Waals surface area contributed by atoms with Crippen LogP contribution in [0.3, 0.4) is 0 Å². The van der Waals surface area contributed by atoms with Crippen molar-refractivity contribution in [2.45, 2.75) is 5.88 Å². The molecule has 2 aromatic rings. The first-order valence-corrected chi connectivity index (χ1v) is 4.94. The lowest BCUT2D eigenvalue weighted by atomic mass is 10.1. The molecule has 0 N–H and O–H groups in total. The number of carbonyl (C=O) groups excluding carboxylic acids is 1. The molecule has 1 heterocycles. The lowest BCUT2D eigenvalue weighted by Gasteiger charge is -2.02. The van der Waals surface area contributed by atoms with Crippen LogP contribution in [0.25, 0.3) is 11.0 Å². The van der Waals surface area contributed by atoms with Crippen LogP contribution in [0.1, 0.15) is 15.9 Å². The fourth-order valence-electron chi connectivity index (χ4n) is 1.48.